The van der Waals surface area contributed by atoms with Crippen LogP contribution in [-0.4, -0.2) is 46.5 Å². The fourth-order valence-corrected chi connectivity index (χ4v) is 3.38. The summed E-state index contributed by atoms with van der Waals surface area (Å²) in [5.41, 5.74) is -0.600. The Morgan fingerprint density at radius 2 is 2.19 bits per heavy atom. The quantitative estimate of drug-likeness (QED) is 0.840. The lowest BCUT2D eigenvalue weighted by Crippen LogP contribution is -2.46. The molecule has 0 saturated carbocycles. The van der Waals surface area contributed by atoms with Gasteiger partial charge in [-0.05, 0) is 32.4 Å². The highest BCUT2D eigenvalue weighted by molar-refractivity contribution is 7.13. The molecule has 0 spiro atoms. The van der Waals surface area contributed by atoms with Crippen LogP contribution in [0.15, 0.2) is 11.6 Å². The Morgan fingerprint density at radius 3 is 2.71 bits per heavy atom. The maximum atomic E-state index is 11.9. The number of piperidine rings is 1. The van der Waals surface area contributed by atoms with Gasteiger partial charge in [0.1, 0.15) is 0 Å². The van der Waals surface area contributed by atoms with Gasteiger partial charge in [-0.2, -0.15) is 0 Å². The third kappa shape index (κ3) is 4.01. The second-order valence-electron chi connectivity index (χ2n) is 5.50. The number of hydrogen-bond donors (Lipinski definition) is 2. The average molecular weight is 311 g/mol. The lowest BCUT2D eigenvalue weighted by Gasteiger charge is -2.38. The molecule has 1 fully saturated rings. The number of aromatic nitrogens is 1. The number of hydrogen-bond acceptors (Lipinski definition) is 5. The molecule has 116 valence electrons. The SMILES string of the molecule is CCCC1(C(=O)O)CCN(CC(=O)Nc2nccs2)CC1. The normalized spacial score (nSPS) is 18.3. The number of carbonyl (C=O) groups is 2. The summed E-state index contributed by atoms with van der Waals surface area (Å²) in [4.78, 5) is 29.4. The van der Waals surface area contributed by atoms with E-state index in [1.54, 1.807) is 6.20 Å². The molecule has 1 aliphatic rings. The molecule has 0 radical (unpaired) electrons. The molecule has 21 heavy (non-hydrogen) atoms. The van der Waals surface area contributed by atoms with E-state index in [-0.39, 0.29) is 5.91 Å². The second-order valence-corrected chi connectivity index (χ2v) is 6.39. The van der Waals surface area contributed by atoms with E-state index in [2.05, 4.69) is 10.3 Å². The Bertz CT molecular complexity index is 482. The van der Waals surface area contributed by atoms with Gasteiger partial charge in [0.05, 0.1) is 12.0 Å². The van der Waals surface area contributed by atoms with Crippen molar-refractivity contribution in [2.45, 2.75) is 32.6 Å². The highest BCUT2D eigenvalue weighted by Crippen LogP contribution is 2.36. The molecule has 0 atom stereocenters. The molecule has 1 amide bonds. The molecule has 1 aliphatic heterocycles. The van der Waals surface area contributed by atoms with Crippen LogP contribution in [0.25, 0.3) is 0 Å². The first-order valence-corrected chi connectivity index (χ1v) is 8.09. The zero-order valence-electron chi connectivity index (χ0n) is 12.2. The average Bonchev–Trinajstić information content (AvgIpc) is 2.94. The molecule has 6 nitrogen and oxygen atoms in total. The summed E-state index contributed by atoms with van der Waals surface area (Å²) in [6, 6.07) is 0. The monoisotopic (exact) mass is 311 g/mol. The number of thiazole rings is 1. The van der Waals surface area contributed by atoms with Gasteiger partial charge in [-0.15, -0.1) is 11.3 Å². The summed E-state index contributed by atoms with van der Waals surface area (Å²) >= 11 is 1.38. The van der Waals surface area contributed by atoms with Crippen molar-refractivity contribution in [1.29, 1.82) is 0 Å². The first-order chi connectivity index (χ1) is 10.1. The molecule has 0 aromatic carbocycles. The Hall–Kier alpha value is -1.47. The predicted molar refractivity (Wildman–Crippen MR) is 81.4 cm³/mol. The van der Waals surface area contributed by atoms with Crippen molar-refractivity contribution in [3.63, 3.8) is 0 Å². The Balaban J connectivity index is 1.83. The molecule has 7 heteroatoms. The van der Waals surface area contributed by atoms with Crippen molar-refractivity contribution in [3.8, 4) is 0 Å². The topological polar surface area (TPSA) is 82.5 Å². The van der Waals surface area contributed by atoms with Crippen LogP contribution in [0.5, 0.6) is 0 Å². The van der Waals surface area contributed by atoms with E-state index in [9.17, 15) is 14.7 Å². The maximum Gasteiger partial charge on any atom is 0.309 e. The molecule has 1 aromatic rings. The number of aliphatic carboxylic acids is 1. The van der Waals surface area contributed by atoms with Gasteiger partial charge in [0, 0.05) is 11.6 Å². The number of likely N-dealkylation sites (tertiary alicyclic amines) is 1. The number of anilines is 1. The van der Waals surface area contributed by atoms with Gasteiger partial charge < -0.3 is 10.4 Å². The smallest absolute Gasteiger partial charge is 0.309 e. The minimum absolute atomic E-state index is 0.0942. The molecular formula is C14H21N3O3S. The maximum absolute atomic E-state index is 11.9. The number of carboxylic acids is 1. The number of nitrogens with zero attached hydrogens (tertiary/aromatic N) is 2. The zero-order chi connectivity index (χ0) is 15.3. The molecule has 0 unspecified atom stereocenters. The third-order valence-electron chi connectivity index (χ3n) is 4.04. The van der Waals surface area contributed by atoms with Crippen molar-refractivity contribution in [1.82, 2.24) is 9.88 Å². The summed E-state index contributed by atoms with van der Waals surface area (Å²) in [5, 5.41) is 14.6. The summed E-state index contributed by atoms with van der Waals surface area (Å²) in [6.45, 7) is 3.61. The van der Waals surface area contributed by atoms with Gasteiger partial charge in [-0.3, -0.25) is 14.5 Å². The van der Waals surface area contributed by atoms with Gasteiger partial charge in [0.25, 0.3) is 0 Å². The Kier molecular flexibility index (Phi) is 5.30. The summed E-state index contributed by atoms with van der Waals surface area (Å²) < 4.78 is 0. The van der Waals surface area contributed by atoms with Crippen LogP contribution in [-0.2, 0) is 9.59 Å². The number of carboxylic acid groups (broad SMARTS) is 1. The Morgan fingerprint density at radius 1 is 1.48 bits per heavy atom. The zero-order valence-corrected chi connectivity index (χ0v) is 13.0. The van der Waals surface area contributed by atoms with Crippen molar-refractivity contribution < 1.29 is 14.7 Å². The van der Waals surface area contributed by atoms with Crippen molar-refractivity contribution in [2.75, 3.05) is 25.0 Å². The highest BCUT2D eigenvalue weighted by Gasteiger charge is 2.40. The molecule has 2 N–H and O–H groups in total. The molecule has 1 aromatic heterocycles. The summed E-state index contributed by atoms with van der Waals surface area (Å²) in [7, 11) is 0. The van der Waals surface area contributed by atoms with E-state index in [4.69, 9.17) is 0 Å². The van der Waals surface area contributed by atoms with Gasteiger partial charge in [0.2, 0.25) is 5.91 Å². The largest absolute Gasteiger partial charge is 0.481 e. The van der Waals surface area contributed by atoms with Gasteiger partial charge in [-0.1, -0.05) is 13.3 Å². The van der Waals surface area contributed by atoms with E-state index in [1.165, 1.54) is 11.3 Å². The number of rotatable bonds is 6. The van der Waals surface area contributed by atoms with E-state index < -0.39 is 11.4 Å². The van der Waals surface area contributed by atoms with Crippen LogP contribution in [0.2, 0.25) is 0 Å². The van der Waals surface area contributed by atoms with Crippen LogP contribution in [0.3, 0.4) is 0 Å². The first kappa shape index (κ1) is 15.9. The van der Waals surface area contributed by atoms with Crippen LogP contribution in [0.1, 0.15) is 32.6 Å². The highest BCUT2D eigenvalue weighted by atomic mass is 32.1. The standard InChI is InChI=1S/C14H21N3O3S/c1-2-3-14(12(19)20)4-7-17(8-5-14)10-11(18)16-13-15-6-9-21-13/h6,9H,2-5,7-8,10H2,1H3,(H,19,20)(H,15,16,18). The fourth-order valence-electron chi connectivity index (χ4n) is 2.84. The lowest BCUT2D eigenvalue weighted by molar-refractivity contribution is -0.152. The molecule has 0 bridgehead atoms. The van der Waals surface area contributed by atoms with E-state index in [1.807, 2.05) is 17.2 Å². The fraction of sp³-hybridized carbons (Fsp3) is 0.643. The van der Waals surface area contributed by atoms with E-state index in [0.717, 1.165) is 6.42 Å². The minimum atomic E-state index is -0.698. The molecule has 1 saturated heterocycles. The molecule has 0 aliphatic carbocycles. The predicted octanol–water partition coefficient (Wildman–Crippen LogP) is 2.05. The van der Waals surface area contributed by atoms with Gasteiger partial charge in [-0.25, -0.2) is 4.98 Å². The van der Waals surface area contributed by atoms with Gasteiger partial charge in [0.15, 0.2) is 5.13 Å². The summed E-state index contributed by atoms with van der Waals surface area (Å²) in [6.07, 6.45) is 4.45. The van der Waals surface area contributed by atoms with Crippen LogP contribution < -0.4 is 5.32 Å². The summed E-state index contributed by atoms with van der Waals surface area (Å²) in [5.74, 6) is -0.792. The minimum Gasteiger partial charge on any atom is -0.481 e. The first-order valence-electron chi connectivity index (χ1n) is 7.21. The molecular weight excluding hydrogens is 290 g/mol. The van der Waals surface area contributed by atoms with Crippen LogP contribution in [0.4, 0.5) is 5.13 Å². The van der Waals surface area contributed by atoms with E-state index in [0.29, 0.717) is 44.0 Å². The third-order valence-corrected chi connectivity index (χ3v) is 4.73. The lowest BCUT2D eigenvalue weighted by atomic mass is 9.75. The van der Waals surface area contributed by atoms with Crippen molar-refractivity contribution >= 4 is 28.3 Å². The molecule has 2 heterocycles. The Labute approximate surface area is 128 Å². The number of carbonyl (C=O) groups excluding carboxylic acids is 1. The number of amides is 1. The second kappa shape index (κ2) is 7.00. The van der Waals surface area contributed by atoms with Gasteiger partial charge >= 0.3 is 5.97 Å². The van der Waals surface area contributed by atoms with Crippen LogP contribution in [0, 0.1) is 5.41 Å². The number of nitrogens with one attached hydrogen (secondary N) is 1. The van der Waals surface area contributed by atoms with E-state index >= 15 is 0 Å². The van der Waals surface area contributed by atoms with Crippen molar-refractivity contribution in [2.24, 2.45) is 5.41 Å². The molecule has 2 rings (SSSR count). The van der Waals surface area contributed by atoms with Crippen molar-refractivity contribution in [3.05, 3.63) is 11.6 Å². The van der Waals surface area contributed by atoms with Crippen LogP contribution >= 0.6 is 11.3 Å².